The van der Waals surface area contributed by atoms with E-state index in [1.165, 1.54) is 19.3 Å². The summed E-state index contributed by atoms with van der Waals surface area (Å²) in [7, 11) is 0. The first kappa shape index (κ1) is 14.8. The number of nitrogens with zero attached hydrogens (tertiary/aromatic N) is 2. The molecule has 2 saturated heterocycles. The molecule has 2 rings (SSSR count). The molecule has 4 nitrogen and oxygen atoms in total. The lowest BCUT2D eigenvalue weighted by atomic mass is 9.81. The Morgan fingerprint density at radius 3 is 2.26 bits per heavy atom. The second kappa shape index (κ2) is 6.23. The zero-order chi connectivity index (χ0) is 14.0. The van der Waals surface area contributed by atoms with Crippen LogP contribution in [0.5, 0.6) is 0 Å². The number of hydrogen-bond donors (Lipinski definition) is 1. The van der Waals surface area contributed by atoms with E-state index in [4.69, 9.17) is 5.73 Å². The molecule has 0 radical (unpaired) electrons. The first-order valence-corrected chi connectivity index (χ1v) is 7.90. The smallest absolute Gasteiger partial charge is 0.239 e. The van der Waals surface area contributed by atoms with Gasteiger partial charge >= 0.3 is 0 Å². The molecule has 2 heterocycles. The summed E-state index contributed by atoms with van der Waals surface area (Å²) >= 11 is 0. The topological polar surface area (TPSA) is 49.6 Å². The maximum atomic E-state index is 12.6. The highest BCUT2D eigenvalue weighted by atomic mass is 16.2. The van der Waals surface area contributed by atoms with Crippen LogP contribution in [0.15, 0.2) is 0 Å². The number of nitrogens with two attached hydrogens (primary N) is 1. The van der Waals surface area contributed by atoms with Gasteiger partial charge in [-0.1, -0.05) is 6.42 Å². The molecule has 4 heteroatoms. The lowest BCUT2D eigenvalue weighted by molar-refractivity contribution is -0.140. The van der Waals surface area contributed by atoms with Gasteiger partial charge in [0.1, 0.15) is 0 Å². The number of likely N-dealkylation sites (N-methyl/N-ethyl adjacent to an activating group) is 1. The molecule has 110 valence electrons. The van der Waals surface area contributed by atoms with Gasteiger partial charge in [-0.2, -0.15) is 0 Å². The summed E-state index contributed by atoms with van der Waals surface area (Å²) in [5.41, 5.74) is 6.15. The molecule has 1 amide bonds. The third-order valence-electron chi connectivity index (χ3n) is 4.95. The summed E-state index contributed by atoms with van der Waals surface area (Å²) < 4.78 is 0. The van der Waals surface area contributed by atoms with Crippen molar-refractivity contribution >= 4 is 5.91 Å². The minimum atomic E-state index is 0.0164. The molecule has 2 N–H and O–H groups in total. The monoisotopic (exact) mass is 267 g/mol. The Kier molecular flexibility index (Phi) is 4.85. The molecular formula is C15H29N3O. The molecule has 0 aromatic rings. The highest BCUT2D eigenvalue weighted by Gasteiger charge is 2.41. The molecule has 0 aromatic carbocycles. The van der Waals surface area contributed by atoms with Crippen LogP contribution in [0, 0.1) is 0 Å². The van der Waals surface area contributed by atoms with Gasteiger partial charge in [-0.25, -0.2) is 0 Å². The fraction of sp³-hybridized carbons (Fsp3) is 0.933. The van der Waals surface area contributed by atoms with Gasteiger partial charge in [0.05, 0.1) is 6.04 Å². The Morgan fingerprint density at radius 2 is 1.79 bits per heavy atom. The molecule has 0 aromatic heterocycles. The van der Waals surface area contributed by atoms with Crippen molar-refractivity contribution in [3.63, 3.8) is 0 Å². The molecular weight excluding hydrogens is 238 g/mol. The standard InChI is InChI=1S/C15H29N3O/c1-4-17(5-2)15(19)11(3)18-13-7-6-8-14(18)10-12(16)9-13/h11-14H,4-10,16H2,1-3H3. The quantitative estimate of drug-likeness (QED) is 0.841. The van der Waals surface area contributed by atoms with Crippen LogP contribution in [0.3, 0.4) is 0 Å². The fourth-order valence-electron chi connectivity index (χ4n) is 4.02. The van der Waals surface area contributed by atoms with Crippen LogP contribution in [0.25, 0.3) is 0 Å². The molecule has 0 saturated carbocycles. The van der Waals surface area contributed by atoms with E-state index in [9.17, 15) is 4.79 Å². The highest BCUT2D eigenvalue weighted by Crippen LogP contribution is 2.35. The van der Waals surface area contributed by atoms with Gasteiger partial charge in [-0.15, -0.1) is 0 Å². The van der Waals surface area contributed by atoms with Crippen molar-refractivity contribution in [3.05, 3.63) is 0 Å². The van der Waals surface area contributed by atoms with E-state index in [1.807, 2.05) is 4.90 Å². The molecule has 19 heavy (non-hydrogen) atoms. The minimum absolute atomic E-state index is 0.0164. The number of carbonyl (C=O) groups excluding carboxylic acids is 1. The highest BCUT2D eigenvalue weighted by molar-refractivity contribution is 5.81. The van der Waals surface area contributed by atoms with E-state index < -0.39 is 0 Å². The van der Waals surface area contributed by atoms with Crippen molar-refractivity contribution in [2.24, 2.45) is 5.73 Å². The van der Waals surface area contributed by atoms with Crippen LogP contribution < -0.4 is 5.73 Å². The number of amides is 1. The van der Waals surface area contributed by atoms with Gasteiger partial charge in [0.25, 0.3) is 0 Å². The molecule has 0 aliphatic carbocycles. The van der Waals surface area contributed by atoms with E-state index in [0.717, 1.165) is 25.9 Å². The van der Waals surface area contributed by atoms with Gasteiger partial charge in [0.15, 0.2) is 0 Å². The van der Waals surface area contributed by atoms with E-state index in [2.05, 4.69) is 25.7 Å². The summed E-state index contributed by atoms with van der Waals surface area (Å²) in [5.74, 6) is 0.289. The van der Waals surface area contributed by atoms with Gasteiger partial charge < -0.3 is 10.6 Å². The second-order valence-corrected chi connectivity index (χ2v) is 6.10. The van der Waals surface area contributed by atoms with Crippen molar-refractivity contribution in [1.29, 1.82) is 0 Å². The molecule has 2 aliphatic heterocycles. The molecule has 2 bridgehead atoms. The van der Waals surface area contributed by atoms with E-state index in [-0.39, 0.29) is 11.9 Å². The SMILES string of the molecule is CCN(CC)C(=O)C(C)N1C2CCCC1CC(N)C2. The zero-order valence-electron chi connectivity index (χ0n) is 12.6. The Morgan fingerprint density at radius 1 is 1.26 bits per heavy atom. The summed E-state index contributed by atoms with van der Waals surface area (Å²) in [6.45, 7) is 7.82. The second-order valence-electron chi connectivity index (χ2n) is 6.10. The van der Waals surface area contributed by atoms with Crippen molar-refractivity contribution in [2.75, 3.05) is 13.1 Å². The zero-order valence-corrected chi connectivity index (χ0v) is 12.6. The predicted octanol–water partition coefficient (Wildman–Crippen LogP) is 1.59. The summed E-state index contributed by atoms with van der Waals surface area (Å²) in [6, 6.07) is 1.40. The fourth-order valence-corrected chi connectivity index (χ4v) is 4.02. The maximum Gasteiger partial charge on any atom is 0.239 e. The van der Waals surface area contributed by atoms with Crippen molar-refractivity contribution < 1.29 is 4.79 Å². The number of rotatable bonds is 4. The number of hydrogen-bond acceptors (Lipinski definition) is 3. The Bertz CT molecular complexity index is 303. The number of fused-ring (bicyclic) bond motifs is 2. The first-order valence-electron chi connectivity index (χ1n) is 7.90. The third-order valence-corrected chi connectivity index (χ3v) is 4.95. The predicted molar refractivity (Wildman–Crippen MR) is 77.9 cm³/mol. The number of carbonyl (C=O) groups is 1. The van der Waals surface area contributed by atoms with Crippen molar-refractivity contribution in [3.8, 4) is 0 Å². The Balaban J connectivity index is 2.09. The Labute approximate surface area is 117 Å². The minimum Gasteiger partial charge on any atom is -0.342 e. The average Bonchev–Trinajstić information content (AvgIpc) is 2.38. The van der Waals surface area contributed by atoms with E-state index in [0.29, 0.717) is 18.1 Å². The lowest BCUT2D eigenvalue weighted by Gasteiger charge is -2.51. The van der Waals surface area contributed by atoms with Crippen molar-refractivity contribution in [1.82, 2.24) is 9.80 Å². The summed E-state index contributed by atoms with van der Waals surface area (Å²) in [5, 5.41) is 0. The van der Waals surface area contributed by atoms with Crippen LogP contribution in [-0.4, -0.2) is 53.0 Å². The molecule has 0 spiro atoms. The van der Waals surface area contributed by atoms with Crippen LogP contribution >= 0.6 is 0 Å². The van der Waals surface area contributed by atoms with Gasteiger partial charge in [-0.3, -0.25) is 9.69 Å². The molecule has 3 atom stereocenters. The van der Waals surface area contributed by atoms with E-state index in [1.54, 1.807) is 0 Å². The van der Waals surface area contributed by atoms with Crippen molar-refractivity contribution in [2.45, 2.75) is 77.0 Å². The average molecular weight is 267 g/mol. The van der Waals surface area contributed by atoms with Gasteiger partial charge in [0.2, 0.25) is 5.91 Å². The first-order chi connectivity index (χ1) is 9.08. The van der Waals surface area contributed by atoms with Crippen LogP contribution in [0.1, 0.15) is 52.9 Å². The summed E-state index contributed by atoms with van der Waals surface area (Å²) in [4.78, 5) is 17.0. The third kappa shape index (κ3) is 2.95. The molecule has 2 fully saturated rings. The normalized spacial score (nSPS) is 32.9. The largest absolute Gasteiger partial charge is 0.342 e. The van der Waals surface area contributed by atoms with Crippen LogP contribution in [0.4, 0.5) is 0 Å². The maximum absolute atomic E-state index is 12.6. The molecule has 2 aliphatic rings. The summed E-state index contributed by atoms with van der Waals surface area (Å²) in [6.07, 6.45) is 5.84. The van der Waals surface area contributed by atoms with Crippen LogP contribution in [-0.2, 0) is 4.79 Å². The number of piperidine rings is 2. The van der Waals surface area contributed by atoms with Gasteiger partial charge in [-0.05, 0) is 46.5 Å². The van der Waals surface area contributed by atoms with Crippen LogP contribution in [0.2, 0.25) is 0 Å². The Hall–Kier alpha value is -0.610. The lowest BCUT2D eigenvalue weighted by Crippen LogP contribution is -2.61. The van der Waals surface area contributed by atoms with Gasteiger partial charge in [0, 0.05) is 31.2 Å². The molecule has 3 unspecified atom stereocenters. The van der Waals surface area contributed by atoms with E-state index >= 15 is 0 Å².